The lowest BCUT2D eigenvalue weighted by atomic mass is 9.36. The lowest BCUT2D eigenvalue weighted by Crippen LogP contribution is -2.71. The minimum Gasteiger partial charge on any atom is -0.472 e. The summed E-state index contributed by atoms with van der Waals surface area (Å²) in [5.74, 6) is 0.00288. The van der Waals surface area contributed by atoms with Crippen molar-refractivity contribution >= 4 is 11.6 Å². The maximum Gasteiger partial charge on any atom is 0.161 e. The molecule has 0 bridgehead atoms. The van der Waals surface area contributed by atoms with Crippen molar-refractivity contribution in [2.75, 3.05) is 6.61 Å². The van der Waals surface area contributed by atoms with Crippen LogP contribution in [0.25, 0.3) is 0 Å². The average molecular weight is 425 g/mol. The van der Waals surface area contributed by atoms with Crippen LogP contribution in [0.2, 0.25) is 0 Å². The van der Waals surface area contributed by atoms with Crippen molar-refractivity contribution in [2.45, 2.75) is 65.1 Å². The van der Waals surface area contributed by atoms with Crippen molar-refractivity contribution in [3.8, 4) is 0 Å². The largest absolute Gasteiger partial charge is 0.472 e. The van der Waals surface area contributed by atoms with Crippen LogP contribution in [0.3, 0.4) is 0 Å². The fourth-order valence-electron chi connectivity index (χ4n) is 9.39. The summed E-state index contributed by atoms with van der Waals surface area (Å²) >= 11 is 0. The van der Waals surface area contributed by atoms with Crippen LogP contribution < -0.4 is 0 Å². The van der Waals surface area contributed by atoms with Gasteiger partial charge in [-0.2, -0.15) is 0 Å². The number of aliphatic hydroxyl groups excluding tert-OH is 1. The van der Waals surface area contributed by atoms with E-state index < -0.39 is 23.0 Å². The summed E-state index contributed by atoms with van der Waals surface area (Å²) in [4.78, 5) is 27.2. The van der Waals surface area contributed by atoms with Crippen LogP contribution in [0.5, 0.6) is 0 Å². The van der Waals surface area contributed by atoms with E-state index in [0.717, 1.165) is 18.4 Å². The molecule has 0 radical (unpaired) electrons. The minimum atomic E-state index is -0.770. The second-order valence-electron chi connectivity index (χ2n) is 11.9. The highest BCUT2D eigenvalue weighted by molar-refractivity contribution is 5.97. The summed E-state index contributed by atoms with van der Waals surface area (Å²) in [6.07, 6.45) is 8.15. The maximum atomic E-state index is 13.7. The molecule has 31 heavy (non-hydrogen) atoms. The number of furan rings is 1. The van der Waals surface area contributed by atoms with Gasteiger partial charge in [0.05, 0.1) is 31.3 Å². The summed E-state index contributed by atoms with van der Waals surface area (Å²) in [5, 5.41) is 11.9. The summed E-state index contributed by atoms with van der Waals surface area (Å²) in [6, 6.07) is 1.97. The van der Waals surface area contributed by atoms with E-state index in [1.165, 1.54) is 0 Å². The molecule has 6 rings (SSSR count). The first kappa shape index (κ1) is 19.9. The number of Topliss-reactive ketones (excluding diaryl/α,β-unsaturated/α-hetero) is 1. The van der Waals surface area contributed by atoms with Gasteiger partial charge in [0.25, 0.3) is 0 Å². The van der Waals surface area contributed by atoms with Crippen LogP contribution in [-0.4, -0.2) is 35.5 Å². The molecule has 3 saturated carbocycles. The highest BCUT2D eigenvalue weighted by atomic mass is 16.5. The molecule has 5 heteroatoms. The van der Waals surface area contributed by atoms with E-state index in [-0.39, 0.29) is 46.1 Å². The number of ketones is 2. The SMILES string of the molecule is CC12C=CC(=O)C3(C)C1C(OC2)C(O)C1(C)C2C(=O)CC(c4ccoc4)C2(C)CCC31. The summed E-state index contributed by atoms with van der Waals surface area (Å²) in [7, 11) is 0. The Morgan fingerprint density at radius 2 is 1.94 bits per heavy atom. The smallest absolute Gasteiger partial charge is 0.161 e. The monoisotopic (exact) mass is 424 g/mol. The van der Waals surface area contributed by atoms with Crippen molar-refractivity contribution in [1.29, 1.82) is 0 Å². The molecule has 1 aromatic heterocycles. The highest BCUT2D eigenvalue weighted by Crippen LogP contribution is 2.74. The predicted octanol–water partition coefficient (Wildman–Crippen LogP) is 3.92. The minimum absolute atomic E-state index is 0.0557. The lowest BCUT2D eigenvalue weighted by Gasteiger charge is -2.66. The standard InChI is InChI=1S/C26H32O5/c1-23-8-6-18(28)25(3)17-5-9-24(2)15(14-7-10-30-12-14)11-16(27)20(24)26(17,4)22(29)19(21(23)25)31-13-23/h6-8,10,12,15,17,19-22,29H,5,9,11,13H2,1-4H3. The molecular formula is C26H32O5. The second-order valence-corrected chi connectivity index (χ2v) is 11.9. The third-order valence-electron chi connectivity index (χ3n) is 10.6. The van der Waals surface area contributed by atoms with Gasteiger partial charge in [-0.1, -0.05) is 33.8 Å². The first-order valence-corrected chi connectivity index (χ1v) is 11.7. The highest BCUT2D eigenvalue weighted by Gasteiger charge is 2.76. The van der Waals surface area contributed by atoms with Gasteiger partial charge in [0.15, 0.2) is 5.78 Å². The number of aliphatic hydroxyl groups is 1. The Hall–Kier alpha value is -1.72. The molecule has 4 fully saturated rings. The quantitative estimate of drug-likeness (QED) is 0.740. The van der Waals surface area contributed by atoms with Gasteiger partial charge in [-0.15, -0.1) is 0 Å². The van der Waals surface area contributed by atoms with Gasteiger partial charge in [0, 0.05) is 34.5 Å². The van der Waals surface area contributed by atoms with E-state index in [1.807, 2.05) is 12.1 Å². The number of allylic oxidation sites excluding steroid dienone is 1. The molecule has 10 unspecified atom stereocenters. The van der Waals surface area contributed by atoms with Crippen molar-refractivity contribution in [3.63, 3.8) is 0 Å². The van der Waals surface area contributed by atoms with Gasteiger partial charge in [-0.3, -0.25) is 9.59 Å². The summed E-state index contributed by atoms with van der Waals surface area (Å²) in [5.41, 5.74) is -0.795. The average Bonchev–Trinajstić information content (AvgIpc) is 3.41. The molecule has 4 aliphatic carbocycles. The van der Waals surface area contributed by atoms with Crippen molar-refractivity contribution in [2.24, 2.45) is 39.4 Å². The summed E-state index contributed by atoms with van der Waals surface area (Å²) < 4.78 is 11.6. The third kappa shape index (κ3) is 2.06. The van der Waals surface area contributed by atoms with E-state index in [4.69, 9.17) is 9.15 Å². The van der Waals surface area contributed by atoms with Gasteiger partial charge in [0.1, 0.15) is 5.78 Å². The number of hydrogen-bond donors (Lipinski definition) is 1. The van der Waals surface area contributed by atoms with Crippen LogP contribution in [-0.2, 0) is 14.3 Å². The Morgan fingerprint density at radius 1 is 1.16 bits per heavy atom. The Morgan fingerprint density at radius 3 is 2.65 bits per heavy atom. The van der Waals surface area contributed by atoms with Gasteiger partial charge < -0.3 is 14.3 Å². The first-order valence-electron chi connectivity index (χ1n) is 11.7. The first-order chi connectivity index (χ1) is 14.6. The molecule has 1 aromatic rings. The zero-order chi connectivity index (χ0) is 22.0. The van der Waals surface area contributed by atoms with Crippen LogP contribution in [0.1, 0.15) is 58.4 Å². The molecule has 5 nitrogen and oxygen atoms in total. The van der Waals surface area contributed by atoms with Gasteiger partial charge in [-0.05, 0) is 47.8 Å². The zero-order valence-corrected chi connectivity index (χ0v) is 18.8. The molecule has 5 aliphatic rings. The normalized spacial score (nSPS) is 55.1. The van der Waals surface area contributed by atoms with E-state index in [0.29, 0.717) is 13.0 Å². The van der Waals surface area contributed by atoms with Crippen LogP contribution >= 0.6 is 0 Å². The van der Waals surface area contributed by atoms with Gasteiger partial charge in [0.2, 0.25) is 0 Å². The van der Waals surface area contributed by atoms with Gasteiger partial charge >= 0.3 is 0 Å². The lowest BCUT2D eigenvalue weighted by molar-refractivity contribution is -0.237. The molecule has 0 amide bonds. The van der Waals surface area contributed by atoms with Crippen LogP contribution in [0.4, 0.5) is 0 Å². The maximum absolute atomic E-state index is 13.7. The number of ether oxygens (including phenoxy) is 1. The van der Waals surface area contributed by atoms with Crippen molar-refractivity contribution in [1.82, 2.24) is 0 Å². The molecule has 0 aromatic carbocycles. The molecule has 10 atom stereocenters. The Balaban J connectivity index is 1.52. The summed E-state index contributed by atoms with van der Waals surface area (Å²) in [6.45, 7) is 9.04. The number of carbonyl (C=O) groups is 2. The molecule has 1 saturated heterocycles. The van der Waals surface area contributed by atoms with Crippen LogP contribution in [0.15, 0.2) is 35.2 Å². The van der Waals surface area contributed by atoms with Gasteiger partial charge in [-0.25, -0.2) is 0 Å². The Labute approximate surface area is 183 Å². The zero-order valence-electron chi connectivity index (χ0n) is 18.8. The van der Waals surface area contributed by atoms with E-state index >= 15 is 0 Å². The number of hydrogen-bond acceptors (Lipinski definition) is 5. The third-order valence-corrected chi connectivity index (χ3v) is 10.6. The van der Waals surface area contributed by atoms with Crippen molar-refractivity contribution < 1.29 is 23.8 Å². The Kier molecular flexibility index (Phi) is 3.72. The molecule has 2 heterocycles. The molecule has 166 valence electrons. The number of fused-ring (bicyclic) bond motifs is 4. The molecule has 1 aliphatic heterocycles. The molecule has 0 spiro atoms. The Bertz CT molecular complexity index is 995. The number of carbonyl (C=O) groups excluding carboxylic acids is 2. The predicted molar refractivity (Wildman–Crippen MR) is 113 cm³/mol. The van der Waals surface area contributed by atoms with E-state index in [1.54, 1.807) is 18.6 Å². The molecular weight excluding hydrogens is 392 g/mol. The second kappa shape index (κ2) is 5.79. The van der Waals surface area contributed by atoms with Crippen LogP contribution in [0, 0.1) is 39.4 Å². The number of rotatable bonds is 1. The van der Waals surface area contributed by atoms with Crippen molar-refractivity contribution in [3.05, 3.63) is 36.3 Å². The fourth-order valence-corrected chi connectivity index (χ4v) is 9.39. The topological polar surface area (TPSA) is 76.7 Å². The fraction of sp³-hybridized carbons (Fsp3) is 0.692. The van der Waals surface area contributed by atoms with E-state index in [9.17, 15) is 14.7 Å². The molecule has 1 N–H and O–H groups in total. The van der Waals surface area contributed by atoms with E-state index in [2.05, 4.69) is 27.7 Å².